The largest absolute Gasteiger partial charge is 0.394 e. The molecule has 1 aliphatic rings. The van der Waals surface area contributed by atoms with E-state index in [0.29, 0.717) is 12.8 Å². The highest BCUT2D eigenvalue weighted by molar-refractivity contribution is 5.76. The molecule has 7 unspecified atom stereocenters. The third-order valence-corrected chi connectivity index (χ3v) is 12.1. The molecule has 0 aromatic carbocycles. The van der Waals surface area contributed by atoms with Crippen molar-refractivity contribution in [2.75, 3.05) is 13.2 Å². The van der Waals surface area contributed by atoms with Crippen LogP contribution in [0.25, 0.3) is 0 Å². The van der Waals surface area contributed by atoms with Crippen LogP contribution in [0.15, 0.2) is 109 Å². The Morgan fingerprint density at radius 2 is 0.912 bits per heavy atom. The maximum Gasteiger partial charge on any atom is 0.220 e. The second-order valence-corrected chi connectivity index (χ2v) is 18.3. The summed E-state index contributed by atoms with van der Waals surface area (Å²) in [5.74, 6) is -0.181. The summed E-state index contributed by atoms with van der Waals surface area (Å²) in [4.78, 5) is 13.0. The lowest BCUT2D eigenvalue weighted by molar-refractivity contribution is -0.302. The number of amides is 1. The molecule has 1 fully saturated rings. The van der Waals surface area contributed by atoms with Crippen LogP contribution in [-0.2, 0) is 14.3 Å². The minimum Gasteiger partial charge on any atom is -0.394 e. The molecule has 0 aromatic rings. The molecule has 0 aliphatic carbocycles. The van der Waals surface area contributed by atoms with E-state index in [1.807, 2.05) is 0 Å². The van der Waals surface area contributed by atoms with Crippen LogP contribution in [0.2, 0.25) is 0 Å². The lowest BCUT2D eigenvalue weighted by Crippen LogP contribution is -2.60. The maximum absolute atomic E-state index is 13.0. The van der Waals surface area contributed by atoms with Crippen LogP contribution >= 0.6 is 0 Å². The van der Waals surface area contributed by atoms with Crippen molar-refractivity contribution in [3.8, 4) is 0 Å². The first-order valence-corrected chi connectivity index (χ1v) is 27.1. The molecule has 0 spiro atoms. The Kier molecular flexibility index (Phi) is 43.9. The number of ether oxygens (including phenoxy) is 2. The van der Waals surface area contributed by atoms with Gasteiger partial charge in [0.05, 0.1) is 25.4 Å². The highest BCUT2D eigenvalue weighted by atomic mass is 16.7. The van der Waals surface area contributed by atoms with Gasteiger partial charge >= 0.3 is 0 Å². The number of hydrogen-bond acceptors (Lipinski definition) is 8. The standard InChI is InChI=1S/C59H99NO8/c1-3-5-7-9-11-13-15-17-19-20-21-22-23-24-25-26-27-28-29-30-31-32-33-34-35-37-39-41-43-45-47-49-55(63)60-52(51-67-59-58(66)57(65)56(64)54(50-61)68-59)53(62)48-46-44-42-40-38-36-18-16-14-12-10-8-6-4-2/h5,7,11,13,17,19,21-22,24-25,27-28,30-31,33-34,37,39,52-54,56-59,61-62,64-66H,3-4,6,8-10,12,14-16,18,20,23,26,29,32,35-36,38,40-51H2,1-2H3,(H,60,63)/b7-5-,13-11-,19-17-,22-21-,25-24-,28-27-,31-30-,34-33-,39-37-. The number of aliphatic hydroxyl groups excluding tert-OH is 5. The molecule has 1 saturated heterocycles. The van der Waals surface area contributed by atoms with Crippen LogP contribution in [0.1, 0.15) is 200 Å². The average Bonchev–Trinajstić information content (AvgIpc) is 3.34. The summed E-state index contributed by atoms with van der Waals surface area (Å²) in [5, 5.41) is 54.5. The average molecular weight is 950 g/mol. The van der Waals surface area contributed by atoms with Crippen molar-refractivity contribution in [3.63, 3.8) is 0 Å². The summed E-state index contributed by atoms with van der Waals surface area (Å²) in [6.07, 6.45) is 62.4. The molecular formula is C59H99NO8. The molecule has 9 heteroatoms. The smallest absolute Gasteiger partial charge is 0.220 e. The van der Waals surface area contributed by atoms with Crippen molar-refractivity contribution in [2.24, 2.45) is 0 Å². The molecule has 9 nitrogen and oxygen atoms in total. The number of hydrogen-bond donors (Lipinski definition) is 6. The van der Waals surface area contributed by atoms with Gasteiger partial charge in [-0.05, 0) is 83.5 Å². The molecule has 0 aromatic heterocycles. The van der Waals surface area contributed by atoms with Crippen LogP contribution in [-0.4, -0.2) is 87.5 Å². The van der Waals surface area contributed by atoms with Gasteiger partial charge < -0.3 is 40.3 Å². The number of rotatable bonds is 44. The van der Waals surface area contributed by atoms with Crippen molar-refractivity contribution in [2.45, 2.75) is 243 Å². The Morgan fingerprint density at radius 1 is 0.515 bits per heavy atom. The van der Waals surface area contributed by atoms with E-state index in [4.69, 9.17) is 9.47 Å². The Bertz CT molecular complexity index is 1430. The normalized spacial score (nSPS) is 20.5. The van der Waals surface area contributed by atoms with E-state index < -0.39 is 49.5 Å². The van der Waals surface area contributed by atoms with Gasteiger partial charge in [0.2, 0.25) is 5.91 Å². The summed E-state index contributed by atoms with van der Waals surface area (Å²) >= 11 is 0. The van der Waals surface area contributed by atoms with Crippen LogP contribution in [0.3, 0.4) is 0 Å². The Labute approximate surface area is 415 Å². The van der Waals surface area contributed by atoms with Gasteiger partial charge in [-0.2, -0.15) is 0 Å². The SMILES string of the molecule is CC/C=C\C/C=C\C/C=C\C/C=C\C/C=C\C/C=C\C/C=C\C/C=C\C/C=C\CCCCCC(=O)NC(COC1OC(CO)C(O)C(O)C1O)C(O)CCCCCCCCCCCCCCCC. The zero-order chi connectivity index (χ0) is 49.4. The number of aliphatic hydroxyl groups is 5. The van der Waals surface area contributed by atoms with E-state index in [1.165, 1.54) is 70.6 Å². The number of unbranched alkanes of at least 4 members (excludes halogenated alkanes) is 16. The molecule has 1 aliphatic heterocycles. The second-order valence-electron chi connectivity index (χ2n) is 18.3. The molecule has 6 N–H and O–H groups in total. The highest BCUT2D eigenvalue weighted by Crippen LogP contribution is 2.23. The van der Waals surface area contributed by atoms with E-state index >= 15 is 0 Å². The number of allylic oxidation sites excluding steroid dienone is 18. The van der Waals surface area contributed by atoms with Gasteiger partial charge in [0.15, 0.2) is 6.29 Å². The first-order valence-electron chi connectivity index (χ1n) is 27.1. The fourth-order valence-corrected chi connectivity index (χ4v) is 7.86. The fourth-order valence-electron chi connectivity index (χ4n) is 7.86. The molecule has 0 radical (unpaired) electrons. The predicted octanol–water partition coefficient (Wildman–Crippen LogP) is 13.0. The summed E-state index contributed by atoms with van der Waals surface area (Å²) < 4.78 is 11.3. The van der Waals surface area contributed by atoms with E-state index in [-0.39, 0.29) is 12.5 Å². The predicted molar refractivity (Wildman–Crippen MR) is 285 cm³/mol. The Balaban J connectivity index is 2.27. The third kappa shape index (κ3) is 36.8. The van der Waals surface area contributed by atoms with Crippen molar-refractivity contribution in [3.05, 3.63) is 109 Å². The maximum atomic E-state index is 13.0. The van der Waals surface area contributed by atoms with Gasteiger partial charge in [0, 0.05) is 6.42 Å². The van der Waals surface area contributed by atoms with Gasteiger partial charge in [0.1, 0.15) is 24.4 Å². The van der Waals surface area contributed by atoms with Crippen molar-refractivity contribution in [1.29, 1.82) is 0 Å². The minimum absolute atomic E-state index is 0.159. The molecule has 0 saturated carbocycles. The van der Waals surface area contributed by atoms with Crippen LogP contribution in [0.5, 0.6) is 0 Å². The molecule has 388 valence electrons. The van der Waals surface area contributed by atoms with Crippen LogP contribution < -0.4 is 5.32 Å². The topological polar surface area (TPSA) is 149 Å². The summed E-state index contributed by atoms with van der Waals surface area (Å²) in [5.41, 5.74) is 0. The quantitative estimate of drug-likeness (QED) is 0.0261. The molecule has 1 amide bonds. The zero-order valence-electron chi connectivity index (χ0n) is 42.8. The van der Waals surface area contributed by atoms with E-state index in [9.17, 15) is 30.3 Å². The van der Waals surface area contributed by atoms with Crippen LogP contribution in [0, 0.1) is 0 Å². The lowest BCUT2D eigenvalue weighted by Gasteiger charge is -2.40. The van der Waals surface area contributed by atoms with Crippen molar-refractivity contribution < 1.29 is 39.8 Å². The Morgan fingerprint density at radius 3 is 1.34 bits per heavy atom. The van der Waals surface area contributed by atoms with Gasteiger partial charge in [-0.25, -0.2) is 0 Å². The van der Waals surface area contributed by atoms with Gasteiger partial charge in [0.25, 0.3) is 0 Å². The fraction of sp³-hybridized carbons (Fsp3) is 0.678. The van der Waals surface area contributed by atoms with Gasteiger partial charge in [-0.15, -0.1) is 0 Å². The first-order chi connectivity index (χ1) is 33.3. The highest BCUT2D eigenvalue weighted by Gasteiger charge is 2.44. The Hall–Kier alpha value is -3.15. The molecule has 1 heterocycles. The van der Waals surface area contributed by atoms with E-state index in [0.717, 1.165) is 103 Å². The molecular weight excluding hydrogens is 851 g/mol. The van der Waals surface area contributed by atoms with Crippen molar-refractivity contribution in [1.82, 2.24) is 5.32 Å². The van der Waals surface area contributed by atoms with Crippen LogP contribution in [0.4, 0.5) is 0 Å². The first kappa shape index (κ1) is 62.9. The second kappa shape index (κ2) is 47.5. The number of nitrogens with one attached hydrogen (secondary N) is 1. The monoisotopic (exact) mass is 950 g/mol. The molecule has 1 rings (SSSR count). The summed E-state index contributed by atoms with van der Waals surface area (Å²) in [6.45, 7) is 3.69. The molecule has 0 bridgehead atoms. The van der Waals surface area contributed by atoms with Crippen molar-refractivity contribution >= 4 is 5.91 Å². The zero-order valence-corrected chi connectivity index (χ0v) is 42.8. The minimum atomic E-state index is -1.57. The lowest BCUT2D eigenvalue weighted by atomic mass is 9.99. The molecule has 7 atom stereocenters. The van der Waals surface area contributed by atoms with E-state index in [2.05, 4.69) is 129 Å². The number of carbonyl (C=O) groups is 1. The van der Waals surface area contributed by atoms with Gasteiger partial charge in [-0.1, -0.05) is 220 Å². The third-order valence-electron chi connectivity index (χ3n) is 12.1. The number of carbonyl (C=O) groups excluding carboxylic acids is 1. The molecule has 68 heavy (non-hydrogen) atoms. The summed E-state index contributed by atoms with van der Waals surface area (Å²) in [7, 11) is 0. The van der Waals surface area contributed by atoms with E-state index in [1.54, 1.807) is 0 Å². The van der Waals surface area contributed by atoms with Gasteiger partial charge in [-0.3, -0.25) is 4.79 Å². The summed E-state index contributed by atoms with van der Waals surface area (Å²) in [6, 6.07) is -0.745.